The van der Waals surface area contributed by atoms with Gasteiger partial charge in [0.2, 0.25) is 0 Å². The van der Waals surface area contributed by atoms with Crippen molar-refractivity contribution >= 4 is 12.0 Å². The molecule has 0 aromatic carbocycles. The molecular formula is C13H26N2O3. The first-order valence-electron chi connectivity index (χ1n) is 6.57. The van der Waals surface area contributed by atoms with Crippen molar-refractivity contribution in [2.45, 2.75) is 52.5 Å². The number of rotatable bonds is 8. The van der Waals surface area contributed by atoms with Gasteiger partial charge in [0, 0.05) is 26.1 Å². The normalized spacial score (nSPS) is 12.3. The van der Waals surface area contributed by atoms with E-state index in [4.69, 9.17) is 5.11 Å². The van der Waals surface area contributed by atoms with Crippen LogP contribution in [0.4, 0.5) is 4.79 Å². The number of hydrogen-bond donors (Lipinski definition) is 2. The minimum absolute atomic E-state index is 0.0847. The molecule has 2 amide bonds. The van der Waals surface area contributed by atoms with Gasteiger partial charge in [0.15, 0.2) is 0 Å². The van der Waals surface area contributed by atoms with Crippen LogP contribution in [0.15, 0.2) is 0 Å². The van der Waals surface area contributed by atoms with E-state index in [1.165, 1.54) is 0 Å². The lowest BCUT2D eigenvalue weighted by Crippen LogP contribution is -2.43. The van der Waals surface area contributed by atoms with Crippen LogP contribution in [-0.4, -0.2) is 41.6 Å². The first kappa shape index (κ1) is 16.7. The number of amides is 2. The molecule has 0 aliphatic rings. The second-order valence-corrected chi connectivity index (χ2v) is 5.17. The zero-order valence-corrected chi connectivity index (χ0v) is 11.9. The van der Waals surface area contributed by atoms with Gasteiger partial charge in [0.05, 0.1) is 0 Å². The summed E-state index contributed by atoms with van der Waals surface area (Å²) in [6.07, 6.45) is 2.43. The number of hydrogen-bond acceptors (Lipinski definition) is 2. The van der Waals surface area contributed by atoms with Crippen LogP contribution in [0.1, 0.15) is 46.5 Å². The third-order valence-electron chi connectivity index (χ3n) is 2.89. The third-order valence-corrected chi connectivity index (χ3v) is 2.89. The summed E-state index contributed by atoms with van der Waals surface area (Å²) in [6, 6.07) is 0.127. The standard InChI is InChI=1S/C13H26N2O3/c1-10(2)9-11(3)15(4)13(18)14-8-6-5-7-12(16)17/h10-11H,5-9H2,1-4H3,(H,14,18)(H,16,17). The van der Waals surface area contributed by atoms with Crippen LogP contribution < -0.4 is 5.32 Å². The van der Waals surface area contributed by atoms with Crippen molar-refractivity contribution in [3.05, 3.63) is 0 Å². The molecule has 0 fully saturated rings. The minimum Gasteiger partial charge on any atom is -0.481 e. The van der Waals surface area contributed by atoms with E-state index >= 15 is 0 Å². The van der Waals surface area contributed by atoms with E-state index in [9.17, 15) is 9.59 Å². The average molecular weight is 258 g/mol. The second-order valence-electron chi connectivity index (χ2n) is 5.17. The van der Waals surface area contributed by atoms with E-state index in [2.05, 4.69) is 19.2 Å². The van der Waals surface area contributed by atoms with E-state index in [0.29, 0.717) is 25.3 Å². The van der Waals surface area contributed by atoms with Gasteiger partial charge < -0.3 is 15.3 Å². The van der Waals surface area contributed by atoms with Crippen LogP contribution in [-0.2, 0) is 4.79 Å². The van der Waals surface area contributed by atoms with Gasteiger partial charge in [0.1, 0.15) is 0 Å². The summed E-state index contributed by atoms with van der Waals surface area (Å²) in [4.78, 5) is 23.8. The molecule has 0 bridgehead atoms. The quantitative estimate of drug-likeness (QED) is 0.656. The summed E-state index contributed by atoms with van der Waals surface area (Å²) in [6.45, 7) is 6.83. The Morgan fingerprint density at radius 3 is 2.33 bits per heavy atom. The Bertz CT molecular complexity index is 267. The van der Waals surface area contributed by atoms with Gasteiger partial charge in [-0.2, -0.15) is 0 Å². The van der Waals surface area contributed by atoms with E-state index in [1.54, 1.807) is 11.9 Å². The van der Waals surface area contributed by atoms with Gasteiger partial charge in [-0.15, -0.1) is 0 Å². The predicted molar refractivity (Wildman–Crippen MR) is 71.6 cm³/mol. The zero-order chi connectivity index (χ0) is 14.1. The second kappa shape index (κ2) is 8.78. The summed E-state index contributed by atoms with van der Waals surface area (Å²) in [5.74, 6) is -0.227. The summed E-state index contributed by atoms with van der Waals surface area (Å²) < 4.78 is 0. The molecule has 2 N–H and O–H groups in total. The van der Waals surface area contributed by atoms with Crippen molar-refractivity contribution in [3.8, 4) is 0 Å². The molecule has 0 aromatic rings. The molecule has 0 saturated heterocycles. The van der Waals surface area contributed by atoms with Crippen LogP contribution in [0.3, 0.4) is 0 Å². The molecule has 0 spiro atoms. The number of nitrogens with one attached hydrogen (secondary N) is 1. The summed E-state index contributed by atoms with van der Waals surface area (Å²) in [5.41, 5.74) is 0. The highest BCUT2D eigenvalue weighted by Gasteiger charge is 2.15. The van der Waals surface area contributed by atoms with Crippen molar-refractivity contribution in [1.29, 1.82) is 0 Å². The molecule has 18 heavy (non-hydrogen) atoms. The maximum atomic E-state index is 11.8. The first-order chi connectivity index (χ1) is 8.34. The summed E-state index contributed by atoms with van der Waals surface area (Å²) in [7, 11) is 1.79. The lowest BCUT2D eigenvalue weighted by molar-refractivity contribution is -0.137. The molecule has 0 aliphatic heterocycles. The number of carboxylic acid groups (broad SMARTS) is 1. The molecule has 0 aromatic heterocycles. The van der Waals surface area contributed by atoms with E-state index < -0.39 is 5.97 Å². The fraction of sp³-hybridized carbons (Fsp3) is 0.846. The Morgan fingerprint density at radius 1 is 1.22 bits per heavy atom. The van der Waals surface area contributed by atoms with Gasteiger partial charge in [-0.05, 0) is 32.1 Å². The topological polar surface area (TPSA) is 69.6 Å². The monoisotopic (exact) mass is 258 g/mol. The predicted octanol–water partition coefficient (Wildman–Crippen LogP) is 2.32. The molecule has 0 aliphatic carbocycles. The smallest absolute Gasteiger partial charge is 0.317 e. The van der Waals surface area contributed by atoms with Crippen molar-refractivity contribution in [1.82, 2.24) is 10.2 Å². The molecular weight excluding hydrogens is 232 g/mol. The van der Waals surface area contributed by atoms with Gasteiger partial charge >= 0.3 is 12.0 Å². The maximum absolute atomic E-state index is 11.8. The molecule has 0 saturated carbocycles. The number of nitrogens with zero attached hydrogens (tertiary/aromatic N) is 1. The van der Waals surface area contributed by atoms with Crippen LogP contribution >= 0.6 is 0 Å². The van der Waals surface area contributed by atoms with Gasteiger partial charge in [-0.25, -0.2) is 4.79 Å². The first-order valence-corrected chi connectivity index (χ1v) is 6.57. The highest BCUT2D eigenvalue weighted by atomic mass is 16.4. The molecule has 5 nitrogen and oxygen atoms in total. The molecule has 106 valence electrons. The fourth-order valence-electron chi connectivity index (χ4n) is 1.76. The van der Waals surface area contributed by atoms with E-state index in [-0.39, 0.29) is 18.5 Å². The highest BCUT2D eigenvalue weighted by Crippen LogP contribution is 2.09. The molecule has 1 atom stereocenters. The van der Waals surface area contributed by atoms with Gasteiger partial charge in [0.25, 0.3) is 0 Å². The Hall–Kier alpha value is -1.26. The SMILES string of the molecule is CC(C)CC(C)N(C)C(=O)NCCCCC(=O)O. The Morgan fingerprint density at radius 2 is 1.83 bits per heavy atom. The van der Waals surface area contributed by atoms with Crippen molar-refractivity contribution < 1.29 is 14.7 Å². The van der Waals surface area contributed by atoms with Crippen LogP contribution in [0.25, 0.3) is 0 Å². The molecule has 0 heterocycles. The minimum atomic E-state index is -0.788. The molecule has 5 heteroatoms. The highest BCUT2D eigenvalue weighted by molar-refractivity contribution is 5.74. The molecule has 1 unspecified atom stereocenters. The lowest BCUT2D eigenvalue weighted by atomic mass is 10.0. The summed E-state index contributed by atoms with van der Waals surface area (Å²) in [5, 5.41) is 11.3. The Labute approximate surface area is 110 Å². The van der Waals surface area contributed by atoms with E-state index in [1.807, 2.05) is 6.92 Å². The number of carboxylic acids is 1. The Balaban J connectivity index is 3.77. The summed E-state index contributed by atoms with van der Waals surface area (Å²) >= 11 is 0. The number of urea groups is 1. The maximum Gasteiger partial charge on any atom is 0.317 e. The number of carbonyl (C=O) groups excluding carboxylic acids is 1. The van der Waals surface area contributed by atoms with Crippen LogP contribution in [0.5, 0.6) is 0 Å². The number of aliphatic carboxylic acids is 1. The fourth-order valence-corrected chi connectivity index (χ4v) is 1.76. The van der Waals surface area contributed by atoms with Gasteiger partial charge in [-0.1, -0.05) is 13.8 Å². The molecule has 0 rings (SSSR count). The van der Waals surface area contributed by atoms with Crippen LogP contribution in [0.2, 0.25) is 0 Å². The van der Waals surface area contributed by atoms with Crippen molar-refractivity contribution in [3.63, 3.8) is 0 Å². The zero-order valence-electron chi connectivity index (χ0n) is 11.9. The number of unbranched alkanes of at least 4 members (excludes halogenated alkanes) is 1. The molecule has 0 radical (unpaired) electrons. The average Bonchev–Trinajstić information content (AvgIpc) is 2.25. The largest absolute Gasteiger partial charge is 0.481 e. The van der Waals surface area contributed by atoms with Crippen molar-refractivity contribution in [2.24, 2.45) is 5.92 Å². The third kappa shape index (κ3) is 7.92. The Kier molecular flexibility index (Phi) is 8.16. The van der Waals surface area contributed by atoms with E-state index in [0.717, 1.165) is 6.42 Å². The van der Waals surface area contributed by atoms with Crippen LogP contribution in [0, 0.1) is 5.92 Å². The van der Waals surface area contributed by atoms with Gasteiger partial charge in [-0.3, -0.25) is 4.79 Å². The number of carbonyl (C=O) groups is 2. The lowest BCUT2D eigenvalue weighted by Gasteiger charge is -2.26. The van der Waals surface area contributed by atoms with Crippen molar-refractivity contribution in [2.75, 3.05) is 13.6 Å².